The highest BCUT2D eigenvalue weighted by Crippen LogP contribution is 2.21. The Hall–Kier alpha value is -0.290. The second kappa shape index (κ2) is 6.24. The van der Waals surface area contributed by atoms with Crippen molar-refractivity contribution in [2.45, 2.75) is 42.5 Å². The zero-order valence-corrected chi connectivity index (χ0v) is 12.8. The second-order valence-electron chi connectivity index (χ2n) is 4.19. The summed E-state index contributed by atoms with van der Waals surface area (Å²) in [6, 6.07) is 6.43. The maximum atomic E-state index is 12.0. The van der Waals surface area contributed by atoms with E-state index in [9.17, 15) is 8.42 Å². The number of alkyl halides is 2. The lowest BCUT2D eigenvalue weighted by atomic mass is 10.2. The van der Waals surface area contributed by atoms with Crippen LogP contribution in [0.3, 0.4) is 0 Å². The van der Waals surface area contributed by atoms with Crippen LogP contribution in [0.5, 0.6) is 0 Å². The summed E-state index contributed by atoms with van der Waals surface area (Å²) in [6.07, 6.45) is -0.689. The van der Waals surface area contributed by atoms with E-state index in [-0.39, 0.29) is 10.3 Å². The van der Waals surface area contributed by atoms with Crippen molar-refractivity contribution in [1.82, 2.24) is 0 Å². The van der Waals surface area contributed by atoms with E-state index in [1.807, 2.05) is 6.92 Å². The fourth-order valence-electron chi connectivity index (χ4n) is 1.39. The van der Waals surface area contributed by atoms with E-state index in [1.165, 1.54) is 12.1 Å². The third kappa shape index (κ3) is 4.12. The van der Waals surface area contributed by atoms with E-state index in [0.29, 0.717) is 0 Å². The predicted molar refractivity (Wildman–Crippen MR) is 73.9 cm³/mol. The number of hydrogen-bond acceptors (Lipinski definition) is 3. The summed E-state index contributed by atoms with van der Waals surface area (Å²) in [5.41, 5.74) is 0.978. The molecule has 0 saturated carbocycles. The largest absolute Gasteiger partial charge is 0.297 e. The molecule has 0 amide bonds. The Morgan fingerprint density at radius 3 is 2.06 bits per heavy atom. The molecule has 0 aromatic heterocycles. The van der Waals surface area contributed by atoms with Crippen molar-refractivity contribution >= 4 is 33.3 Å². The lowest BCUT2D eigenvalue weighted by Gasteiger charge is -2.20. The minimum atomic E-state index is -3.80. The highest BCUT2D eigenvalue weighted by atomic mass is 35.5. The molecule has 0 fully saturated rings. The summed E-state index contributed by atoms with van der Waals surface area (Å²) in [5.74, 6) is 0. The third-order valence-corrected chi connectivity index (χ3v) is 5.02. The van der Waals surface area contributed by atoms with Crippen LogP contribution in [0.4, 0.5) is 0 Å². The molecule has 6 heteroatoms. The van der Waals surface area contributed by atoms with Gasteiger partial charge in [-0.05, 0) is 32.9 Å². The van der Waals surface area contributed by atoms with Gasteiger partial charge in [-0.3, -0.25) is 4.18 Å². The first-order valence-corrected chi connectivity index (χ1v) is 7.80. The zero-order chi connectivity index (χ0) is 13.9. The average molecular weight is 311 g/mol. The van der Waals surface area contributed by atoms with Gasteiger partial charge in [-0.15, -0.1) is 23.2 Å². The highest BCUT2D eigenvalue weighted by molar-refractivity contribution is 7.86. The molecule has 0 aliphatic carbocycles. The topological polar surface area (TPSA) is 43.4 Å². The molecule has 1 aromatic carbocycles. The smallest absolute Gasteiger partial charge is 0.262 e. The zero-order valence-electron chi connectivity index (χ0n) is 10.4. The van der Waals surface area contributed by atoms with Gasteiger partial charge in [0.1, 0.15) is 0 Å². The minimum Gasteiger partial charge on any atom is -0.262 e. The molecule has 0 aliphatic heterocycles. The van der Waals surface area contributed by atoms with E-state index in [1.54, 1.807) is 26.0 Å². The van der Waals surface area contributed by atoms with Crippen molar-refractivity contribution in [1.29, 1.82) is 0 Å². The average Bonchev–Trinajstić information content (AvgIpc) is 2.27. The number of aryl methyl sites for hydroxylation is 1. The van der Waals surface area contributed by atoms with Crippen LogP contribution in [-0.4, -0.2) is 25.3 Å². The second-order valence-corrected chi connectivity index (χ2v) is 6.95. The van der Waals surface area contributed by atoms with Crippen LogP contribution in [0.15, 0.2) is 29.2 Å². The monoisotopic (exact) mass is 310 g/mol. The van der Waals surface area contributed by atoms with Crippen LogP contribution in [0.25, 0.3) is 0 Å². The van der Waals surface area contributed by atoms with E-state index >= 15 is 0 Å². The van der Waals surface area contributed by atoms with Crippen LogP contribution in [0, 0.1) is 6.92 Å². The number of halogens is 2. The molecule has 1 aromatic rings. The van der Waals surface area contributed by atoms with Crippen molar-refractivity contribution in [3.05, 3.63) is 29.8 Å². The van der Waals surface area contributed by atoms with Crippen molar-refractivity contribution < 1.29 is 12.6 Å². The Morgan fingerprint density at radius 2 is 1.61 bits per heavy atom. The maximum absolute atomic E-state index is 12.0. The first-order valence-electron chi connectivity index (χ1n) is 5.52. The van der Waals surface area contributed by atoms with Crippen LogP contribution in [-0.2, 0) is 14.3 Å². The SMILES string of the molecule is Cc1ccc(S(=O)(=O)O[C@H](C)[C@H](Cl)[C@H](C)Cl)cc1. The van der Waals surface area contributed by atoms with Gasteiger partial charge in [0.25, 0.3) is 10.1 Å². The summed E-state index contributed by atoms with van der Waals surface area (Å²) in [5, 5.41) is -0.957. The van der Waals surface area contributed by atoms with E-state index in [0.717, 1.165) is 5.56 Å². The molecule has 3 atom stereocenters. The molecule has 0 saturated heterocycles. The summed E-state index contributed by atoms with van der Waals surface area (Å²) >= 11 is 11.8. The molecular weight excluding hydrogens is 295 g/mol. The molecule has 0 aliphatic rings. The fraction of sp³-hybridized carbons (Fsp3) is 0.500. The Morgan fingerprint density at radius 1 is 1.11 bits per heavy atom. The Bertz CT molecular complexity index is 483. The van der Waals surface area contributed by atoms with Gasteiger partial charge in [-0.25, -0.2) is 0 Å². The van der Waals surface area contributed by atoms with Gasteiger partial charge < -0.3 is 0 Å². The van der Waals surface area contributed by atoms with Gasteiger partial charge in [0.15, 0.2) is 0 Å². The molecular formula is C12H16Cl2O3S. The van der Waals surface area contributed by atoms with Gasteiger partial charge in [0.05, 0.1) is 16.4 Å². The van der Waals surface area contributed by atoms with Crippen LogP contribution in [0.1, 0.15) is 19.4 Å². The standard InChI is InChI=1S/C12H16Cl2O3S/c1-8-4-6-11(7-5-8)18(15,16)17-10(3)12(14)9(2)13/h4-7,9-10,12H,1-3H3/t9-,10+,12+/m0/s1. The highest BCUT2D eigenvalue weighted by Gasteiger charge is 2.26. The van der Waals surface area contributed by atoms with Gasteiger partial charge in [0.2, 0.25) is 0 Å². The van der Waals surface area contributed by atoms with E-state index in [2.05, 4.69) is 0 Å². The molecule has 0 radical (unpaired) electrons. The first-order chi connectivity index (χ1) is 8.24. The third-order valence-electron chi connectivity index (χ3n) is 2.48. The quantitative estimate of drug-likeness (QED) is 0.619. The molecule has 0 spiro atoms. The molecule has 1 rings (SSSR count). The maximum Gasteiger partial charge on any atom is 0.297 e. The van der Waals surface area contributed by atoms with Crippen LogP contribution >= 0.6 is 23.2 Å². The molecule has 0 N–H and O–H groups in total. The fourth-order valence-corrected chi connectivity index (χ4v) is 2.80. The summed E-state index contributed by atoms with van der Waals surface area (Å²) < 4.78 is 29.0. The summed E-state index contributed by atoms with van der Waals surface area (Å²) in [6.45, 7) is 5.16. The normalized spacial score (nSPS) is 17.2. The van der Waals surface area contributed by atoms with Crippen molar-refractivity contribution in [3.63, 3.8) is 0 Å². The summed E-state index contributed by atoms with van der Waals surface area (Å²) in [4.78, 5) is 0.117. The van der Waals surface area contributed by atoms with Crippen molar-refractivity contribution in [2.24, 2.45) is 0 Å². The van der Waals surface area contributed by atoms with Gasteiger partial charge in [-0.2, -0.15) is 8.42 Å². The lowest BCUT2D eigenvalue weighted by Crippen LogP contribution is -2.30. The number of hydrogen-bond donors (Lipinski definition) is 0. The molecule has 0 unspecified atom stereocenters. The van der Waals surface area contributed by atoms with E-state index < -0.39 is 21.6 Å². The molecule has 102 valence electrons. The Kier molecular flexibility index (Phi) is 5.46. The molecule has 3 nitrogen and oxygen atoms in total. The van der Waals surface area contributed by atoms with E-state index in [4.69, 9.17) is 27.4 Å². The van der Waals surface area contributed by atoms with Gasteiger partial charge in [0, 0.05) is 5.38 Å². The molecule has 0 heterocycles. The number of rotatable bonds is 5. The van der Waals surface area contributed by atoms with Crippen LogP contribution in [0.2, 0.25) is 0 Å². The van der Waals surface area contributed by atoms with Crippen LogP contribution < -0.4 is 0 Å². The van der Waals surface area contributed by atoms with Crippen molar-refractivity contribution in [2.75, 3.05) is 0 Å². The Labute approximate surface area is 118 Å². The van der Waals surface area contributed by atoms with Crippen molar-refractivity contribution in [3.8, 4) is 0 Å². The first kappa shape index (κ1) is 15.8. The molecule has 0 bridgehead atoms. The van der Waals surface area contributed by atoms with Gasteiger partial charge in [-0.1, -0.05) is 17.7 Å². The number of benzene rings is 1. The van der Waals surface area contributed by atoms with Gasteiger partial charge >= 0.3 is 0 Å². The summed E-state index contributed by atoms with van der Waals surface area (Å²) in [7, 11) is -3.80. The minimum absolute atomic E-state index is 0.117. The Balaban J connectivity index is 2.85. The predicted octanol–water partition coefficient (Wildman–Crippen LogP) is 3.32. The lowest BCUT2D eigenvalue weighted by molar-refractivity contribution is 0.222. The molecule has 18 heavy (non-hydrogen) atoms.